The molecule has 1 aromatic carbocycles. The van der Waals surface area contributed by atoms with E-state index in [0.29, 0.717) is 12.6 Å². The molecule has 2 N–H and O–H groups in total. The van der Waals surface area contributed by atoms with Gasteiger partial charge in [0.15, 0.2) is 5.96 Å². The molecule has 5 heteroatoms. The predicted molar refractivity (Wildman–Crippen MR) is 89.8 cm³/mol. The topological polar surface area (TPSA) is 54.9 Å². The summed E-state index contributed by atoms with van der Waals surface area (Å²) in [6.45, 7) is 0.666. The highest BCUT2D eigenvalue weighted by molar-refractivity contribution is 5.80. The van der Waals surface area contributed by atoms with Gasteiger partial charge >= 0.3 is 0 Å². The van der Waals surface area contributed by atoms with Crippen molar-refractivity contribution < 1.29 is 9.47 Å². The lowest BCUT2D eigenvalue weighted by molar-refractivity contribution is 0.390. The Balaban J connectivity index is 1.92. The van der Waals surface area contributed by atoms with E-state index in [9.17, 15) is 0 Å². The number of hydrogen-bond acceptors (Lipinski definition) is 3. The summed E-state index contributed by atoms with van der Waals surface area (Å²) in [7, 11) is 5.14. The van der Waals surface area contributed by atoms with Crippen LogP contribution >= 0.6 is 0 Å². The minimum atomic E-state index is 0.540. The Morgan fingerprint density at radius 2 is 1.95 bits per heavy atom. The predicted octanol–water partition coefficient (Wildman–Crippen LogP) is 2.70. The molecule has 0 spiro atoms. The molecule has 122 valence electrons. The van der Waals surface area contributed by atoms with Gasteiger partial charge in [-0.05, 0) is 25.0 Å². The summed E-state index contributed by atoms with van der Waals surface area (Å²) in [5.41, 5.74) is 1.08. The van der Waals surface area contributed by atoms with Crippen molar-refractivity contribution in [2.75, 3.05) is 21.3 Å². The summed E-state index contributed by atoms with van der Waals surface area (Å²) in [5.74, 6) is 2.47. The smallest absolute Gasteiger partial charge is 0.191 e. The fourth-order valence-corrected chi connectivity index (χ4v) is 2.81. The first-order valence-corrected chi connectivity index (χ1v) is 7.95. The van der Waals surface area contributed by atoms with Crippen LogP contribution in [0.25, 0.3) is 0 Å². The first kappa shape index (κ1) is 16.5. The lowest BCUT2D eigenvalue weighted by atomic mass is 9.96. The van der Waals surface area contributed by atoms with Crippen molar-refractivity contribution in [2.45, 2.75) is 44.7 Å². The molecule has 0 radical (unpaired) electrons. The molecule has 0 amide bonds. The molecule has 1 aliphatic carbocycles. The molecule has 0 atom stereocenters. The molecule has 1 aromatic rings. The average Bonchev–Trinajstić information content (AvgIpc) is 2.59. The fraction of sp³-hybridized carbons (Fsp3) is 0.588. The number of rotatable bonds is 5. The Bertz CT molecular complexity index is 497. The van der Waals surface area contributed by atoms with Crippen LogP contribution < -0.4 is 20.1 Å². The van der Waals surface area contributed by atoms with E-state index in [1.807, 2.05) is 25.2 Å². The Kier molecular flexibility index (Phi) is 6.37. The van der Waals surface area contributed by atoms with Crippen LogP contribution in [0.2, 0.25) is 0 Å². The molecule has 0 unspecified atom stereocenters. The zero-order valence-electron chi connectivity index (χ0n) is 13.8. The normalized spacial score (nSPS) is 16.2. The second-order valence-electron chi connectivity index (χ2n) is 5.58. The fourth-order valence-electron chi connectivity index (χ4n) is 2.81. The third-order valence-electron chi connectivity index (χ3n) is 4.11. The molecular weight excluding hydrogens is 278 g/mol. The SMILES string of the molecule is CN=C(NCc1ccc(OC)cc1OC)NC1CCCCC1. The van der Waals surface area contributed by atoms with Gasteiger partial charge < -0.3 is 20.1 Å². The first-order chi connectivity index (χ1) is 10.8. The number of methoxy groups -OCH3 is 2. The van der Waals surface area contributed by atoms with Gasteiger partial charge in [0.05, 0.1) is 14.2 Å². The Hall–Kier alpha value is -1.91. The maximum Gasteiger partial charge on any atom is 0.191 e. The van der Waals surface area contributed by atoms with Gasteiger partial charge in [-0.25, -0.2) is 0 Å². The van der Waals surface area contributed by atoms with E-state index in [-0.39, 0.29) is 0 Å². The molecule has 1 fully saturated rings. The second-order valence-corrected chi connectivity index (χ2v) is 5.58. The highest BCUT2D eigenvalue weighted by atomic mass is 16.5. The average molecular weight is 305 g/mol. The minimum Gasteiger partial charge on any atom is -0.497 e. The van der Waals surface area contributed by atoms with Crippen molar-refractivity contribution in [3.8, 4) is 11.5 Å². The molecule has 5 nitrogen and oxygen atoms in total. The van der Waals surface area contributed by atoms with Crippen LogP contribution in [-0.4, -0.2) is 33.3 Å². The Labute approximate surface area is 133 Å². The molecule has 1 aliphatic rings. The minimum absolute atomic E-state index is 0.540. The van der Waals surface area contributed by atoms with E-state index in [0.717, 1.165) is 23.0 Å². The third-order valence-corrected chi connectivity index (χ3v) is 4.11. The van der Waals surface area contributed by atoms with E-state index in [1.54, 1.807) is 14.2 Å². The van der Waals surface area contributed by atoms with Gasteiger partial charge in [0, 0.05) is 31.3 Å². The van der Waals surface area contributed by atoms with Crippen LogP contribution in [0.4, 0.5) is 0 Å². The van der Waals surface area contributed by atoms with Gasteiger partial charge in [0.25, 0.3) is 0 Å². The van der Waals surface area contributed by atoms with Crippen molar-refractivity contribution in [1.29, 1.82) is 0 Å². The summed E-state index contributed by atoms with van der Waals surface area (Å²) in [5, 5.41) is 6.87. The lowest BCUT2D eigenvalue weighted by Crippen LogP contribution is -2.43. The van der Waals surface area contributed by atoms with Gasteiger partial charge in [-0.2, -0.15) is 0 Å². The maximum atomic E-state index is 5.42. The molecule has 1 saturated carbocycles. The highest BCUT2D eigenvalue weighted by Gasteiger charge is 2.14. The number of guanidine groups is 1. The summed E-state index contributed by atoms with van der Waals surface area (Å²) in [6.07, 6.45) is 6.42. The largest absolute Gasteiger partial charge is 0.497 e. The van der Waals surface area contributed by atoms with E-state index in [4.69, 9.17) is 9.47 Å². The molecule has 0 heterocycles. The van der Waals surface area contributed by atoms with Gasteiger partial charge in [-0.15, -0.1) is 0 Å². The van der Waals surface area contributed by atoms with Gasteiger partial charge in [-0.3, -0.25) is 4.99 Å². The zero-order chi connectivity index (χ0) is 15.8. The monoisotopic (exact) mass is 305 g/mol. The third kappa shape index (κ3) is 4.55. The van der Waals surface area contributed by atoms with Crippen molar-refractivity contribution in [3.05, 3.63) is 23.8 Å². The van der Waals surface area contributed by atoms with Crippen molar-refractivity contribution in [2.24, 2.45) is 4.99 Å². The van der Waals surface area contributed by atoms with Crippen LogP contribution in [0, 0.1) is 0 Å². The van der Waals surface area contributed by atoms with Crippen molar-refractivity contribution in [1.82, 2.24) is 10.6 Å². The van der Waals surface area contributed by atoms with Crippen LogP contribution in [0.5, 0.6) is 11.5 Å². The second kappa shape index (κ2) is 8.51. The Morgan fingerprint density at radius 1 is 1.18 bits per heavy atom. The first-order valence-electron chi connectivity index (χ1n) is 7.95. The summed E-state index contributed by atoms with van der Waals surface area (Å²) < 4.78 is 10.6. The molecule has 0 saturated heterocycles. The van der Waals surface area contributed by atoms with Gasteiger partial charge in [-0.1, -0.05) is 19.3 Å². The molecule has 0 aromatic heterocycles. The number of nitrogens with one attached hydrogen (secondary N) is 2. The van der Waals surface area contributed by atoms with E-state index >= 15 is 0 Å². The number of aliphatic imine (C=N–C) groups is 1. The van der Waals surface area contributed by atoms with E-state index < -0.39 is 0 Å². The van der Waals surface area contributed by atoms with Gasteiger partial charge in [0.1, 0.15) is 11.5 Å². The van der Waals surface area contributed by atoms with Crippen LogP contribution in [0.1, 0.15) is 37.7 Å². The molecule has 0 bridgehead atoms. The molecule has 2 rings (SSSR count). The number of hydrogen-bond donors (Lipinski definition) is 2. The quantitative estimate of drug-likeness (QED) is 0.649. The van der Waals surface area contributed by atoms with Crippen molar-refractivity contribution in [3.63, 3.8) is 0 Å². The summed E-state index contributed by atoms with van der Waals surface area (Å²) in [6, 6.07) is 6.39. The molecular formula is C17H27N3O2. The van der Waals surface area contributed by atoms with Gasteiger partial charge in [0.2, 0.25) is 0 Å². The standard InChI is InChI=1S/C17H27N3O2/c1-18-17(20-14-7-5-4-6-8-14)19-12-13-9-10-15(21-2)11-16(13)22-3/h9-11,14H,4-8,12H2,1-3H3,(H2,18,19,20). The van der Waals surface area contributed by atoms with Crippen LogP contribution in [0.15, 0.2) is 23.2 Å². The summed E-state index contributed by atoms with van der Waals surface area (Å²) in [4.78, 5) is 4.32. The number of ether oxygens (including phenoxy) is 2. The van der Waals surface area contributed by atoms with Crippen LogP contribution in [-0.2, 0) is 6.54 Å². The number of nitrogens with zero attached hydrogens (tertiary/aromatic N) is 1. The highest BCUT2D eigenvalue weighted by Crippen LogP contribution is 2.24. The number of benzene rings is 1. The van der Waals surface area contributed by atoms with Crippen molar-refractivity contribution >= 4 is 5.96 Å². The zero-order valence-corrected chi connectivity index (χ0v) is 13.8. The summed E-state index contributed by atoms with van der Waals surface area (Å²) >= 11 is 0. The van der Waals surface area contributed by atoms with Crippen LogP contribution in [0.3, 0.4) is 0 Å². The molecule has 0 aliphatic heterocycles. The van der Waals surface area contributed by atoms with E-state index in [1.165, 1.54) is 32.1 Å². The Morgan fingerprint density at radius 3 is 2.59 bits per heavy atom. The lowest BCUT2D eigenvalue weighted by Gasteiger charge is -2.25. The van der Waals surface area contributed by atoms with E-state index in [2.05, 4.69) is 15.6 Å². The molecule has 22 heavy (non-hydrogen) atoms. The maximum absolute atomic E-state index is 5.42.